The van der Waals surface area contributed by atoms with Crippen LogP contribution in [0.3, 0.4) is 0 Å². The van der Waals surface area contributed by atoms with Crippen molar-refractivity contribution in [1.82, 2.24) is 4.90 Å². The summed E-state index contributed by atoms with van der Waals surface area (Å²) in [4.78, 5) is 24.8. The number of imide groups is 1. The molecule has 0 aromatic heterocycles. The lowest BCUT2D eigenvalue weighted by Crippen LogP contribution is -2.31. The highest BCUT2D eigenvalue weighted by molar-refractivity contribution is 6.19. The molecule has 74 valence electrons. The van der Waals surface area contributed by atoms with E-state index in [1.54, 1.807) is 6.08 Å². The highest BCUT2D eigenvalue weighted by Crippen LogP contribution is 2.32. The molecule has 1 aliphatic heterocycles. The van der Waals surface area contributed by atoms with E-state index in [2.05, 4.69) is 6.58 Å². The van der Waals surface area contributed by atoms with Crippen LogP contribution in [0.2, 0.25) is 0 Å². The Hall–Kier alpha value is -1.38. The molecule has 2 aliphatic rings. The lowest BCUT2D eigenvalue weighted by atomic mass is 9.93. The molecule has 0 bridgehead atoms. The van der Waals surface area contributed by atoms with Crippen LogP contribution in [0.15, 0.2) is 23.8 Å². The average molecular weight is 191 g/mol. The third-order valence-electron chi connectivity index (χ3n) is 2.79. The van der Waals surface area contributed by atoms with Gasteiger partial charge in [0.15, 0.2) is 0 Å². The first-order valence-corrected chi connectivity index (χ1v) is 4.95. The first kappa shape index (κ1) is 9.19. The number of nitrogens with zero attached hydrogens (tertiary/aromatic N) is 1. The van der Waals surface area contributed by atoms with Gasteiger partial charge in [0.1, 0.15) is 0 Å². The van der Waals surface area contributed by atoms with Crippen molar-refractivity contribution in [2.24, 2.45) is 0 Å². The minimum absolute atomic E-state index is 0.0930. The predicted molar refractivity (Wildman–Crippen MR) is 52.4 cm³/mol. The van der Waals surface area contributed by atoms with Crippen LogP contribution in [0.4, 0.5) is 0 Å². The van der Waals surface area contributed by atoms with E-state index in [1.165, 1.54) is 4.90 Å². The summed E-state index contributed by atoms with van der Waals surface area (Å²) in [7, 11) is 0. The molecular weight excluding hydrogens is 178 g/mol. The zero-order valence-corrected chi connectivity index (χ0v) is 8.08. The van der Waals surface area contributed by atoms with Gasteiger partial charge in [-0.3, -0.25) is 14.5 Å². The van der Waals surface area contributed by atoms with Crippen molar-refractivity contribution in [2.45, 2.75) is 25.7 Å². The number of carbonyl (C=O) groups excluding carboxylic acids is 2. The fourth-order valence-electron chi connectivity index (χ4n) is 2.09. The van der Waals surface area contributed by atoms with E-state index in [-0.39, 0.29) is 11.8 Å². The fourth-order valence-corrected chi connectivity index (χ4v) is 2.09. The van der Waals surface area contributed by atoms with Gasteiger partial charge < -0.3 is 0 Å². The van der Waals surface area contributed by atoms with Crippen LogP contribution >= 0.6 is 0 Å². The predicted octanol–water partition coefficient (Wildman–Crippen LogP) is 1.41. The fraction of sp³-hybridized carbons (Fsp3) is 0.455. The molecule has 2 amide bonds. The smallest absolute Gasteiger partial charge is 0.257 e. The van der Waals surface area contributed by atoms with Crippen molar-refractivity contribution in [3.8, 4) is 0 Å². The van der Waals surface area contributed by atoms with Gasteiger partial charge in [0.25, 0.3) is 11.8 Å². The molecule has 0 atom stereocenters. The summed E-state index contributed by atoms with van der Waals surface area (Å²) in [6, 6.07) is 0. The van der Waals surface area contributed by atoms with E-state index in [0.29, 0.717) is 6.54 Å². The van der Waals surface area contributed by atoms with Gasteiger partial charge in [0.2, 0.25) is 0 Å². The minimum Gasteiger partial charge on any atom is -0.271 e. The molecule has 0 unspecified atom stereocenters. The van der Waals surface area contributed by atoms with Gasteiger partial charge in [-0.15, -0.1) is 6.58 Å². The molecular formula is C11H13NO2. The lowest BCUT2D eigenvalue weighted by Gasteiger charge is -2.11. The molecule has 0 fully saturated rings. The first-order chi connectivity index (χ1) is 6.75. The molecule has 2 rings (SSSR count). The molecule has 1 heterocycles. The Morgan fingerprint density at radius 1 is 1.14 bits per heavy atom. The molecule has 0 aromatic carbocycles. The van der Waals surface area contributed by atoms with Gasteiger partial charge in [-0.2, -0.15) is 0 Å². The zero-order valence-electron chi connectivity index (χ0n) is 8.08. The van der Waals surface area contributed by atoms with Gasteiger partial charge in [-0.05, 0) is 25.7 Å². The van der Waals surface area contributed by atoms with Crippen molar-refractivity contribution in [3.05, 3.63) is 23.8 Å². The van der Waals surface area contributed by atoms with Crippen molar-refractivity contribution in [2.75, 3.05) is 6.54 Å². The highest BCUT2D eigenvalue weighted by atomic mass is 16.2. The number of hydrogen-bond acceptors (Lipinski definition) is 2. The van der Waals surface area contributed by atoms with Gasteiger partial charge >= 0.3 is 0 Å². The van der Waals surface area contributed by atoms with Crippen LogP contribution in [0.5, 0.6) is 0 Å². The monoisotopic (exact) mass is 191 g/mol. The summed E-state index contributed by atoms with van der Waals surface area (Å²) in [5.41, 5.74) is 1.51. The summed E-state index contributed by atoms with van der Waals surface area (Å²) in [6.45, 7) is 3.88. The molecule has 3 nitrogen and oxygen atoms in total. The van der Waals surface area contributed by atoms with Crippen LogP contribution in [-0.4, -0.2) is 23.3 Å². The van der Waals surface area contributed by atoms with Crippen LogP contribution in [-0.2, 0) is 9.59 Å². The van der Waals surface area contributed by atoms with Crippen molar-refractivity contribution < 1.29 is 9.59 Å². The maximum Gasteiger partial charge on any atom is 0.257 e. The van der Waals surface area contributed by atoms with E-state index < -0.39 is 0 Å². The van der Waals surface area contributed by atoms with Gasteiger partial charge in [0, 0.05) is 17.7 Å². The first-order valence-electron chi connectivity index (χ1n) is 4.95. The molecule has 0 saturated heterocycles. The molecule has 14 heavy (non-hydrogen) atoms. The molecule has 0 N–H and O–H groups in total. The average Bonchev–Trinajstić information content (AvgIpc) is 2.45. The second-order valence-electron chi connectivity index (χ2n) is 3.67. The van der Waals surface area contributed by atoms with Crippen LogP contribution < -0.4 is 0 Å². The maximum absolute atomic E-state index is 11.7. The number of rotatable bonds is 2. The molecule has 1 aliphatic carbocycles. The quantitative estimate of drug-likeness (QED) is 0.489. The van der Waals surface area contributed by atoms with E-state index in [0.717, 1.165) is 36.8 Å². The summed E-state index contributed by atoms with van der Waals surface area (Å²) in [5.74, 6) is -0.186. The van der Waals surface area contributed by atoms with Crippen molar-refractivity contribution in [1.29, 1.82) is 0 Å². The Balaban J connectivity index is 2.29. The Morgan fingerprint density at radius 3 is 2.07 bits per heavy atom. The van der Waals surface area contributed by atoms with E-state index in [4.69, 9.17) is 0 Å². The highest BCUT2D eigenvalue weighted by Gasteiger charge is 2.37. The summed E-state index contributed by atoms with van der Waals surface area (Å²) < 4.78 is 0. The molecule has 0 aromatic rings. The largest absolute Gasteiger partial charge is 0.271 e. The Morgan fingerprint density at radius 2 is 1.64 bits per heavy atom. The lowest BCUT2D eigenvalue weighted by molar-refractivity contribution is -0.136. The van der Waals surface area contributed by atoms with Gasteiger partial charge in [0.05, 0.1) is 0 Å². The van der Waals surface area contributed by atoms with Crippen LogP contribution in [0.25, 0.3) is 0 Å². The Bertz CT molecular complexity index is 313. The minimum atomic E-state index is -0.0930. The summed E-state index contributed by atoms with van der Waals surface area (Å²) >= 11 is 0. The van der Waals surface area contributed by atoms with E-state index >= 15 is 0 Å². The topological polar surface area (TPSA) is 37.4 Å². The molecule has 3 heteroatoms. The summed E-state index contributed by atoms with van der Waals surface area (Å²) in [5, 5.41) is 0. The second kappa shape index (κ2) is 3.40. The molecule has 0 radical (unpaired) electrons. The van der Waals surface area contributed by atoms with Gasteiger partial charge in [-0.1, -0.05) is 6.08 Å². The van der Waals surface area contributed by atoms with Crippen LogP contribution in [0.1, 0.15) is 25.7 Å². The van der Waals surface area contributed by atoms with Crippen LogP contribution in [0, 0.1) is 0 Å². The third kappa shape index (κ3) is 1.20. The Kier molecular flexibility index (Phi) is 2.23. The Labute approximate surface area is 83.1 Å². The third-order valence-corrected chi connectivity index (χ3v) is 2.79. The van der Waals surface area contributed by atoms with Crippen molar-refractivity contribution >= 4 is 11.8 Å². The van der Waals surface area contributed by atoms with E-state index in [9.17, 15) is 9.59 Å². The number of hydrogen-bond donors (Lipinski definition) is 0. The molecule has 0 saturated carbocycles. The number of amides is 2. The molecule has 0 spiro atoms. The number of carbonyl (C=O) groups is 2. The SMILES string of the molecule is C=CCN1C(=O)C2=C(CCCC2)C1=O. The van der Waals surface area contributed by atoms with Crippen molar-refractivity contribution in [3.63, 3.8) is 0 Å². The normalized spacial score (nSPS) is 21.6. The maximum atomic E-state index is 11.7. The summed E-state index contributed by atoms with van der Waals surface area (Å²) in [6.07, 6.45) is 5.19. The second-order valence-corrected chi connectivity index (χ2v) is 3.67. The zero-order chi connectivity index (χ0) is 10.1. The van der Waals surface area contributed by atoms with E-state index in [1.807, 2.05) is 0 Å². The van der Waals surface area contributed by atoms with Gasteiger partial charge in [-0.25, -0.2) is 0 Å². The standard InChI is InChI=1S/C11H13NO2/c1-2-7-12-10(13)8-5-3-4-6-9(8)11(12)14/h2H,1,3-7H2.